The summed E-state index contributed by atoms with van der Waals surface area (Å²) >= 11 is 5.52. The summed E-state index contributed by atoms with van der Waals surface area (Å²) in [7, 11) is 1.74. The molecular weight excluding hydrogens is 344 g/mol. The highest BCUT2D eigenvalue weighted by atomic mass is 79.9. The predicted octanol–water partition coefficient (Wildman–Crippen LogP) is 5.06. The Hall–Kier alpha value is -0.770. The Morgan fingerprint density at radius 1 is 1.10 bits per heavy atom. The lowest BCUT2D eigenvalue weighted by Crippen LogP contribution is -2.09. The number of rotatable bonds is 7. The number of alkyl halides is 1. The maximum atomic E-state index is 5.72. The van der Waals surface area contributed by atoms with Gasteiger partial charge in [0, 0.05) is 12.4 Å². The fourth-order valence-electron chi connectivity index (χ4n) is 2.42. The fourth-order valence-corrected chi connectivity index (χ4v) is 3.51. The number of aryl methyl sites for hydroxylation is 1. The molecule has 0 aliphatic carbocycles. The first-order valence-electron chi connectivity index (χ1n) is 6.94. The minimum absolute atomic E-state index is 0.840. The molecule has 0 atom stereocenters. The van der Waals surface area contributed by atoms with Gasteiger partial charge in [0.25, 0.3) is 0 Å². The van der Waals surface area contributed by atoms with Crippen LogP contribution in [-0.2, 0) is 16.5 Å². The monoisotopic (exact) mass is 363 g/mol. The highest BCUT2D eigenvalue weighted by molar-refractivity contribution is 9.08. The first kappa shape index (κ1) is 16.6. The molecule has 1 radical (unpaired) electrons. The van der Waals surface area contributed by atoms with Gasteiger partial charge in [-0.1, -0.05) is 64.5 Å². The van der Waals surface area contributed by atoms with Crippen LogP contribution in [0.2, 0.25) is 0 Å². The Morgan fingerprint density at radius 3 is 2.48 bits per heavy atom. The minimum atomic E-state index is 0.840. The number of hydrogen-bond acceptors (Lipinski definition) is 2. The second kappa shape index (κ2) is 8.62. The van der Waals surface area contributed by atoms with Gasteiger partial charge in [-0.05, 0) is 40.7 Å². The first-order valence-corrected chi connectivity index (χ1v) is 9.45. The molecular formula is C18H20BrOS. The van der Waals surface area contributed by atoms with E-state index in [0.717, 1.165) is 29.2 Å². The molecule has 0 aliphatic heterocycles. The summed E-state index contributed by atoms with van der Waals surface area (Å²) in [4.78, 5) is 0. The maximum absolute atomic E-state index is 5.72. The van der Waals surface area contributed by atoms with Crippen LogP contribution in [0.5, 0.6) is 0 Å². The third-order valence-electron chi connectivity index (χ3n) is 3.47. The maximum Gasteiger partial charge on any atom is 0.155 e. The summed E-state index contributed by atoms with van der Waals surface area (Å²) in [5.41, 5.74) is 5.01. The zero-order valence-corrected chi connectivity index (χ0v) is 14.8. The highest BCUT2D eigenvalue weighted by Crippen LogP contribution is 2.30. The number of thioether (sulfide) groups is 1. The van der Waals surface area contributed by atoms with Crippen molar-refractivity contribution in [3.05, 3.63) is 76.9 Å². The number of benzene rings is 2. The molecule has 0 N–H and O–H groups in total. The van der Waals surface area contributed by atoms with Crippen LogP contribution in [0, 0.1) is 6.10 Å². The van der Waals surface area contributed by atoms with Gasteiger partial charge < -0.3 is 4.74 Å². The molecule has 21 heavy (non-hydrogen) atoms. The molecule has 0 saturated heterocycles. The molecule has 0 unspecified atom stereocenters. The zero-order valence-electron chi connectivity index (χ0n) is 12.4. The van der Waals surface area contributed by atoms with Crippen molar-refractivity contribution in [2.45, 2.75) is 11.8 Å². The average Bonchev–Trinajstić information content (AvgIpc) is 2.54. The van der Waals surface area contributed by atoms with Crippen molar-refractivity contribution < 1.29 is 4.74 Å². The summed E-state index contributed by atoms with van der Waals surface area (Å²) < 4.78 is 5.72. The summed E-state index contributed by atoms with van der Waals surface area (Å²) in [6.45, 7) is 0. The molecule has 2 aromatic carbocycles. The molecule has 3 heteroatoms. The van der Waals surface area contributed by atoms with E-state index in [9.17, 15) is 0 Å². The second-order valence-electron chi connectivity index (χ2n) is 4.72. The van der Waals surface area contributed by atoms with Gasteiger partial charge in [-0.3, -0.25) is 0 Å². The minimum Gasteiger partial charge on any atom is -0.365 e. The van der Waals surface area contributed by atoms with Crippen LogP contribution in [0.1, 0.15) is 22.3 Å². The van der Waals surface area contributed by atoms with Crippen molar-refractivity contribution in [3.8, 4) is 0 Å². The van der Waals surface area contributed by atoms with Gasteiger partial charge >= 0.3 is 0 Å². The van der Waals surface area contributed by atoms with Crippen LogP contribution in [0.4, 0.5) is 0 Å². The standard InChI is InChI=1S/C18H20BrOS/c1-20-18(15-7-4-3-5-8-15)16-10-6-9-14(11-12-21-2)17(16)13-19/h3-10H,11-13H2,1-2H3. The number of halogens is 1. The molecule has 0 heterocycles. The normalized spacial score (nSPS) is 11.0. The highest BCUT2D eigenvalue weighted by Gasteiger charge is 2.19. The lowest BCUT2D eigenvalue weighted by atomic mass is 9.93. The average molecular weight is 364 g/mol. The van der Waals surface area contributed by atoms with Gasteiger partial charge in [-0.25, -0.2) is 0 Å². The Balaban J connectivity index is 2.41. The molecule has 0 saturated carbocycles. The van der Waals surface area contributed by atoms with Crippen molar-refractivity contribution in [2.24, 2.45) is 0 Å². The molecule has 2 rings (SSSR count). The molecule has 0 amide bonds. The van der Waals surface area contributed by atoms with E-state index in [-0.39, 0.29) is 0 Å². The van der Waals surface area contributed by atoms with E-state index in [0.29, 0.717) is 0 Å². The van der Waals surface area contributed by atoms with E-state index in [4.69, 9.17) is 4.74 Å². The van der Waals surface area contributed by atoms with Crippen LogP contribution >= 0.6 is 27.7 Å². The molecule has 2 aromatic rings. The lowest BCUT2D eigenvalue weighted by Gasteiger charge is -2.20. The molecule has 0 spiro atoms. The number of methoxy groups -OCH3 is 1. The third-order valence-corrected chi connectivity index (χ3v) is 4.64. The Labute approximate surface area is 140 Å². The molecule has 0 fully saturated rings. The van der Waals surface area contributed by atoms with Gasteiger partial charge in [-0.15, -0.1) is 0 Å². The molecule has 0 aromatic heterocycles. The summed E-state index contributed by atoms with van der Waals surface area (Å²) in [5, 5.41) is 0.840. The van der Waals surface area contributed by atoms with Crippen molar-refractivity contribution in [3.63, 3.8) is 0 Å². The van der Waals surface area contributed by atoms with E-state index < -0.39 is 0 Å². The van der Waals surface area contributed by atoms with E-state index in [2.05, 4.69) is 52.5 Å². The van der Waals surface area contributed by atoms with Gasteiger partial charge in [0.2, 0.25) is 0 Å². The van der Waals surface area contributed by atoms with Crippen LogP contribution in [-0.4, -0.2) is 19.1 Å². The largest absolute Gasteiger partial charge is 0.365 e. The lowest BCUT2D eigenvalue weighted by molar-refractivity contribution is 0.247. The summed E-state index contributed by atoms with van der Waals surface area (Å²) in [5.74, 6) is 1.14. The fraction of sp³-hybridized carbons (Fsp3) is 0.278. The summed E-state index contributed by atoms with van der Waals surface area (Å²) in [6, 6.07) is 16.8. The van der Waals surface area contributed by atoms with E-state index in [1.165, 1.54) is 16.7 Å². The van der Waals surface area contributed by atoms with Crippen LogP contribution in [0.15, 0.2) is 48.5 Å². The summed E-state index contributed by atoms with van der Waals surface area (Å²) in [6.07, 6.45) is 4.17. The van der Waals surface area contributed by atoms with Crippen LogP contribution < -0.4 is 0 Å². The van der Waals surface area contributed by atoms with Crippen molar-refractivity contribution in [1.82, 2.24) is 0 Å². The molecule has 111 valence electrons. The van der Waals surface area contributed by atoms with E-state index in [1.54, 1.807) is 7.11 Å². The van der Waals surface area contributed by atoms with E-state index in [1.807, 2.05) is 30.0 Å². The van der Waals surface area contributed by atoms with Gasteiger partial charge in [-0.2, -0.15) is 11.8 Å². The van der Waals surface area contributed by atoms with Crippen LogP contribution in [0.3, 0.4) is 0 Å². The van der Waals surface area contributed by atoms with Crippen molar-refractivity contribution >= 4 is 27.7 Å². The van der Waals surface area contributed by atoms with Crippen molar-refractivity contribution in [2.75, 3.05) is 19.1 Å². The first-order chi connectivity index (χ1) is 10.3. The topological polar surface area (TPSA) is 9.23 Å². The zero-order chi connectivity index (χ0) is 15.1. The van der Waals surface area contributed by atoms with Gasteiger partial charge in [0.05, 0.1) is 0 Å². The Morgan fingerprint density at radius 2 is 1.86 bits per heavy atom. The van der Waals surface area contributed by atoms with Crippen LogP contribution in [0.25, 0.3) is 0 Å². The number of hydrogen-bond donors (Lipinski definition) is 0. The Bertz CT molecular complexity index is 556. The quantitative estimate of drug-likeness (QED) is 0.635. The molecule has 0 bridgehead atoms. The molecule has 1 nitrogen and oxygen atoms in total. The van der Waals surface area contributed by atoms with Gasteiger partial charge in [0.1, 0.15) is 0 Å². The molecule has 0 aliphatic rings. The van der Waals surface area contributed by atoms with Gasteiger partial charge in [0.15, 0.2) is 6.10 Å². The van der Waals surface area contributed by atoms with E-state index >= 15 is 0 Å². The smallest absolute Gasteiger partial charge is 0.155 e. The predicted molar refractivity (Wildman–Crippen MR) is 96.1 cm³/mol. The number of ether oxygens (including phenoxy) is 1. The Kier molecular flexibility index (Phi) is 6.81. The second-order valence-corrected chi connectivity index (χ2v) is 6.27. The SMILES string of the molecule is CO[C](c1ccccc1)c1cccc(CCSC)c1CBr. The van der Waals surface area contributed by atoms with Crippen molar-refractivity contribution in [1.29, 1.82) is 0 Å². The third kappa shape index (κ3) is 4.12.